The maximum absolute atomic E-state index is 12.4. The lowest BCUT2D eigenvalue weighted by Crippen LogP contribution is -2.12. The highest BCUT2D eigenvalue weighted by molar-refractivity contribution is 7.80. The molecule has 0 spiro atoms. The van der Waals surface area contributed by atoms with Gasteiger partial charge in [-0.05, 0) is 43.0 Å². The van der Waals surface area contributed by atoms with Crippen LogP contribution in [0.4, 0.5) is 0 Å². The molecule has 2 aromatic rings. The number of carbonyl (C=O) groups excluding carboxylic acids is 1. The number of hydrogen-bond acceptors (Lipinski definition) is 5. The molecular formula is C21H25NO5S. The number of Topliss-reactive ketones (excluding diaryl/α,β-unsaturated/α-hetero) is 1. The van der Waals surface area contributed by atoms with E-state index in [0.29, 0.717) is 11.3 Å². The van der Waals surface area contributed by atoms with Crippen molar-refractivity contribution in [3.63, 3.8) is 0 Å². The minimum absolute atomic E-state index is 0.0589. The van der Waals surface area contributed by atoms with Crippen LogP contribution in [0.15, 0.2) is 42.6 Å². The Bertz CT molecular complexity index is 932. The molecule has 1 unspecified atom stereocenters. The van der Waals surface area contributed by atoms with E-state index in [0.717, 1.165) is 24.0 Å². The summed E-state index contributed by atoms with van der Waals surface area (Å²) in [5, 5.41) is 0. The molecule has 1 aromatic carbocycles. The molecule has 0 aliphatic rings. The highest BCUT2D eigenvalue weighted by atomic mass is 32.3. The second-order valence-corrected chi connectivity index (χ2v) is 7.56. The number of ketones is 1. The lowest BCUT2D eigenvalue weighted by molar-refractivity contribution is 0.0913. The van der Waals surface area contributed by atoms with Gasteiger partial charge in [0.05, 0.1) is 5.69 Å². The van der Waals surface area contributed by atoms with E-state index in [1.54, 1.807) is 12.1 Å². The van der Waals surface area contributed by atoms with Gasteiger partial charge >= 0.3 is 10.4 Å². The van der Waals surface area contributed by atoms with Gasteiger partial charge in [0.1, 0.15) is 6.10 Å². The lowest BCUT2D eigenvalue weighted by Gasteiger charge is -2.11. The van der Waals surface area contributed by atoms with E-state index in [1.165, 1.54) is 13.1 Å². The summed E-state index contributed by atoms with van der Waals surface area (Å²) < 4.78 is 35.0. The Morgan fingerprint density at radius 3 is 2.29 bits per heavy atom. The van der Waals surface area contributed by atoms with Crippen molar-refractivity contribution in [3.05, 3.63) is 65.0 Å². The van der Waals surface area contributed by atoms with Crippen molar-refractivity contribution in [2.75, 3.05) is 0 Å². The fourth-order valence-electron chi connectivity index (χ4n) is 2.87. The summed E-state index contributed by atoms with van der Waals surface area (Å²) in [6.45, 7) is 5.53. The zero-order valence-electron chi connectivity index (χ0n) is 16.2. The average molecular weight is 404 g/mol. The largest absolute Gasteiger partial charge is 0.397 e. The molecule has 0 fully saturated rings. The third-order valence-electron chi connectivity index (χ3n) is 4.51. The number of hydrogen-bond donors (Lipinski definition) is 1. The Hall–Kier alpha value is -2.35. The van der Waals surface area contributed by atoms with E-state index in [4.69, 9.17) is 4.55 Å². The van der Waals surface area contributed by atoms with Gasteiger partial charge in [-0.3, -0.25) is 14.3 Å². The normalized spacial score (nSPS) is 13.2. The van der Waals surface area contributed by atoms with Crippen molar-refractivity contribution >= 4 is 28.3 Å². The fourth-order valence-corrected chi connectivity index (χ4v) is 3.33. The van der Waals surface area contributed by atoms with E-state index in [1.807, 2.05) is 50.3 Å². The summed E-state index contributed by atoms with van der Waals surface area (Å²) in [4.78, 5) is 16.5. The quantitative estimate of drug-likeness (QED) is 0.480. The predicted octanol–water partition coefficient (Wildman–Crippen LogP) is 4.75. The maximum Gasteiger partial charge on any atom is 0.397 e. The van der Waals surface area contributed by atoms with Crippen LogP contribution in [0.25, 0.3) is 12.2 Å². The summed E-state index contributed by atoms with van der Waals surface area (Å²) in [5.74, 6) is 0.232. The van der Waals surface area contributed by atoms with Crippen molar-refractivity contribution in [2.45, 2.75) is 39.7 Å². The molecule has 7 heteroatoms. The van der Waals surface area contributed by atoms with Crippen LogP contribution in [0.3, 0.4) is 0 Å². The summed E-state index contributed by atoms with van der Waals surface area (Å²) in [5.41, 5.74) is 2.83. The highest BCUT2D eigenvalue weighted by Gasteiger charge is 2.16. The number of pyridine rings is 1. The molecule has 0 aliphatic carbocycles. The Morgan fingerprint density at radius 2 is 1.71 bits per heavy atom. The van der Waals surface area contributed by atoms with Crippen molar-refractivity contribution in [1.82, 2.24) is 4.98 Å². The third kappa shape index (κ3) is 6.37. The minimum atomic E-state index is -4.55. The number of nitrogens with zero attached hydrogens (tertiary/aromatic N) is 1. The van der Waals surface area contributed by atoms with Crippen molar-refractivity contribution in [2.24, 2.45) is 5.92 Å². The maximum atomic E-state index is 12.4. The Morgan fingerprint density at radius 1 is 1.11 bits per heavy atom. The molecule has 0 saturated carbocycles. The first-order chi connectivity index (χ1) is 13.2. The van der Waals surface area contributed by atoms with Crippen molar-refractivity contribution in [1.29, 1.82) is 0 Å². The Balaban J connectivity index is 2.11. The monoisotopic (exact) mass is 403 g/mol. The van der Waals surface area contributed by atoms with Crippen LogP contribution in [0.5, 0.6) is 0 Å². The van der Waals surface area contributed by atoms with E-state index in [2.05, 4.69) is 9.17 Å². The lowest BCUT2D eigenvalue weighted by atomic mass is 9.92. The zero-order chi connectivity index (χ0) is 20.7. The smallest absolute Gasteiger partial charge is 0.294 e. The molecule has 0 amide bonds. The molecule has 0 aliphatic heterocycles. The molecule has 6 nitrogen and oxygen atoms in total. The minimum Gasteiger partial charge on any atom is -0.294 e. The first-order valence-corrected chi connectivity index (χ1v) is 10.5. The van der Waals surface area contributed by atoms with Gasteiger partial charge < -0.3 is 0 Å². The van der Waals surface area contributed by atoms with Crippen LogP contribution in [-0.4, -0.2) is 23.7 Å². The van der Waals surface area contributed by atoms with Crippen LogP contribution in [0, 0.1) is 5.92 Å². The van der Waals surface area contributed by atoms with Crippen molar-refractivity contribution in [3.8, 4) is 0 Å². The molecular weight excluding hydrogens is 378 g/mol. The number of carbonyl (C=O) groups is 1. The van der Waals surface area contributed by atoms with Gasteiger partial charge in [-0.15, -0.1) is 0 Å². The van der Waals surface area contributed by atoms with E-state index in [-0.39, 0.29) is 11.7 Å². The Kier molecular flexibility index (Phi) is 7.62. The molecule has 0 bridgehead atoms. The Labute approximate surface area is 166 Å². The fraction of sp³-hybridized carbons (Fsp3) is 0.333. The summed E-state index contributed by atoms with van der Waals surface area (Å²) in [6.07, 6.45) is 6.04. The molecule has 0 radical (unpaired) electrons. The van der Waals surface area contributed by atoms with Gasteiger partial charge in [-0.25, -0.2) is 4.18 Å². The molecule has 1 N–H and O–H groups in total. The summed E-state index contributed by atoms with van der Waals surface area (Å²) in [6, 6.07) is 10.9. The van der Waals surface area contributed by atoms with Crippen LogP contribution < -0.4 is 0 Å². The number of benzene rings is 1. The second kappa shape index (κ2) is 9.73. The molecule has 1 atom stereocenters. The van der Waals surface area contributed by atoms with Crippen molar-refractivity contribution < 1.29 is 21.9 Å². The van der Waals surface area contributed by atoms with Gasteiger partial charge in [0.15, 0.2) is 5.78 Å². The van der Waals surface area contributed by atoms with Gasteiger partial charge in [-0.2, -0.15) is 8.42 Å². The molecule has 2 rings (SSSR count). The summed E-state index contributed by atoms with van der Waals surface area (Å²) >= 11 is 0. The molecule has 28 heavy (non-hydrogen) atoms. The van der Waals surface area contributed by atoms with Gasteiger partial charge in [0, 0.05) is 17.7 Å². The SMILES string of the molecule is CCC(CC)C(=O)c1ccc(C=Cc2ccnc(C(C)OS(=O)(=O)O)c2)cc1. The topological polar surface area (TPSA) is 93.6 Å². The number of aromatic nitrogens is 1. The zero-order valence-corrected chi connectivity index (χ0v) is 17.0. The van der Waals surface area contributed by atoms with E-state index >= 15 is 0 Å². The highest BCUT2D eigenvalue weighted by Crippen LogP contribution is 2.20. The van der Waals surface area contributed by atoms with Crippen LogP contribution in [0.2, 0.25) is 0 Å². The first-order valence-electron chi connectivity index (χ1n) is 9.17. The summed E-state index contributed by atoms with van der Waals surface area (Å²) in [7, 11) is -4.55. The van der Waals surface area contributed by atoms with Gasteiger partial charge in [0.25, 0.3) is 0 Å². The molecule has 150 valence electrons. The van der Waals surface area contributed by atoms with Gasteiger partial charge in [0.2, 0.25) is 0 Å². The first kappa shape index (κ1) is 21.9. The number of rotatable bonds is 9. The second-order valence-electron chi connectivity index (χ2n) is 6.51. The molecule has 1 heterocycles. The van der Waals surface area contributed by atoms with E-state index < -0.39 is 16.5 Å². The van der Waals surface area contributed by atoms with Crippen LogP contribution in [0.1, 0.15) is 66.9 Å². The molecule has 1 aromatic heterocycles. The van der Waals surface area contributed by atoms with Crippen LogP contribution in [-0.2, 0) is 14.6 Å². The van der Waals surface area contributed by atoms with Gasteiger partial charge in [-0.1, -0.05) is 50.3 Å². The molecule has 0 saturated heterocycles. The standard InChI is InChI=1S/C21H25NO5S/c1-4-18(5-2)21(23)19-10-8-16(9-11-19)6-7-17-12-13-22-20(14-17)15(3)27-28(24,25)26/h6-15,18H,4-5H2,1-3H3,(H,24,25,26). The average Bonchev–Trinajstić information content (AvgIpc) is 2.66. The van der Waals surface area contributed by atoms with E-state index in [9.17, 15) is 13.2 Å². The predicted molar refractivity (Wildman–Crippen MR) is 109 cm³/mol. The van der Waals surface area contributed by atoms with Crippen LogP contribution >= 0.6 is 0 Å². The third-order valence-corrected chi connectivity index (χ3v) is 5.04.